The number of aliphatic hydroxyl groups is 1. The molecule has 0 bridgehead atoms. The molecule has 15 heavy (non-hydrogen) atoms. The highest BCUT2D eigenvalue weighted by atomic mass is 32.1. The number of hydrogen-bond donors (Lipinski definition) is 1. The van der Waals surface area contributed by atoms with Crippen LogP contribution in [0.5, 0.6) is 0 Å². The smallest absolute Gasteiger partial charge is 0.111 e. The zero-order valence-electron chi connectivity index (χ0n) is 8.71. The molecule has 0 amide bonds. The molecule has 5 heteroatoms. The number of aryl methyl sites for hydroxylation is 2. The largest absolute Gasteiger partial charge is 0.386 e. The fourth-order valence-electron chi connectivity index (χ4n) is 1.40. The first-order chi connectivity index (χ1) is 7.16. The lowest BCUT2D eigenvalue weighted by Gasteiger charge is -2.07. The topological polar surface area (TPSA) is 50.9 Å². The van der Waals surface area contributed by atoms with E-state index < -0.39 is 6.10 Å². The molecular weight excluding hydrogens is 210 g/mol. The second-order valence-electron chi connectivity index (χ2n) is 3.47. The molecule has 0 aliphatic heterocycles. The van der Waals surface area contributed by atoms with E-state index in [-0.39, 0.29) is 0 Å². The van der Waals surface area contributed by atoms with Gasteiger partial charge in [-0.3, -0.25) is 0 Å². The lowest BCUT2D eigenvalue weighted by Crippen LogP contribution is -2.07. The van der Waals surface area contributed by atoms with Crippen LogP contribution in [-0.2, 0) is 13.5 Å². The molecule has 1 atom stereocenters. The van der Waals surface area contributed by atoms with Gasteiger partial charge in [-0.2, -0.15) is 0 Å². The number of hydrogen-bond acceptors (Lipinski definition) is 4. The molecule has 0 aromatic carbocycles. The van der Waals surface area contributed by atoms with E-state index in [2.05, 4.69) is 9.97 Å². The summed E-state index contributed by atoms with van der Waals surface area (Å²) in [6.45, 7) is 1.93. The molecule has 1 N–H and O–H groups in total. The van der Waals surface area contributed by atoms with E-state index in [0.29, 0.717) is 6.42 Å². The molecule has 0 fully saturated rings. The molecule has 0 aliphatic rings. The summed E-state index contributed by atoms with van der Waals surface area (Å²) < 4.78 is 1.91. The molecular formula is C10H13N3OS. The molecule has 80 valence electrons. The van der Waals surface area contributed by atoms with Crippen LogP contribution in [0, 0.1) is 6.92 Å². The fourth-order valence-corrected chi connectivity index (χ4v) is 2.06. The maximum Gasteiger partial charge on any atom is 0.111 e. The summed E-state index contributed by atoms with van der Waals surface area (Å²) in [5.41, 5.74) is 0.737. The fraction of sp³-hybridized carbons (Fsp3) is 0.400. The Balaban J connectivity index is 2.10. The van der Waals surface area contributed by atoms with Crippen LogP contribution in [0.3, 0.4) is 0 Å². The number of imidazole rings is 1. The van der Waals surface area contributed by atoms with Crippen molar-refractivity contribution in [3.63, 3.8) is 0 Å². The number of aliphatic hydroxyl groups excluding tert-OH is 1. The Morgan fingerprint density at radius 2 is 2.40 bits per heavy atom. The van der Waals surface area contributed by atoms with Gasteiger partial charge in [-0.1, -0.05) is 0 Å². The van der Waals surface area contributed by atoms with Crippen LogP contribution in [0.4, 0.5) is 0 Å². The van der Waals surface area contributed by atoms with Gasteiger partial charge in [-0.05, 0) is 6.92 Å². The predicted molar refractivity (Wildman–Crippen MR) is 58.7 cm³/mol. The molecule has 0 aliphatic carbocycles. The zero-order chi connectivity index (χ0) is 10.8. The van der Waals surface area contributed by atoms with Crippen LogP contribution >= 0.6 is 11.3 Å². The van der Waals surface area contributed by atoms with E-state index in [1.807, 2.05) is 30.1 Å². The van der Waals surface area contributed by atoms with Crippen molar-refractivity contribution in [3.8, 4) is 0 Å². The predicted octanol–water partition coefficient (Wildman–Crippen LogP) is 1.46. The lowest BCUT2D eigenvalue weighted by molar-refractivity contribution is 0.170. The van der Waals surface area contributed by atoms with Gasteiger partial charge in [0.1, 0.15) is 11.9 Å². The molecule has 2 aromatic heterocycles. The van der Waals surface area contributed by atoms with Gasteiger partial charge in [0, 0.05) is 31.2 Å². The third-order valence-electron chi connectivity index (χ3n) is 2.28. The second kappa shape index (κ2) is 4.12. The average molecular weight is 223 g/mol. The Morgan fingerprint density at radius 3 is 2.93 bits per heavy atom. The van der Waals surface area contributed by atoms with Gasteiger partial charge in [-0.15, -0.1) is 11.3 Å². The Hall–Kier alpha value is -1.20. The van der Waals surface area contributed by atoms with Crippen LogP contribution in [-0.4, -0.2) is 19.6 Å². The van der Waals surface area contributed by atoms with Crippen molar-refractivity contribution in [1.29, 1.82) is 0 Å². The van der Waals surface area contributed by atoms with Gasteiger partial charge < -0.3 is 9.67 Å². The Morgan fingerprint density at radius 1 is 1.60 bits per heavy atom. The summed E-state index contributed by atoms with van der Waals surface area (Å²) in [5, 5.41) is 12.8. The number of nitrogens with zero attached hydrogens (tertiary/aromatic N) is 3. The SMILES string of the molecule is Cc1nc(C(O)Cc2nccn2C)cs1. The standard InChI is InChI=1S/C10H13N3OS/c1-7-12-8(6-15-7)9(14)5-10-11-3-4-13(10)2/h3-4,6,9,14H,5H2,1-2H3. The zero-order valence-corrected chi connectivity index (χ0v) is 9.53. The van der Waals surface area contributed by atoms with Crippen molar-refractivity contribution in [2.45, 2.75) is 19.4 Å². The molecule has 0 spiro atoms. The van der Waals surface area contributed by atoms with E-state index in [1.54, 1.807) is 17.5 Å². The summed E-state index contributed by atoms with van der Waals surface area (Å²) >= 11 is 1.55. The van der Waals surface area contributed by atoms with Gasteiger partial charge in [0.25, 0.3) is 0 Å². The van der Waals surface area contributed by atoms with Crippen LogP contribution in [0.2, 0.25) is 0 Å². The van der Waals surface area contributed by atoms with Crippen LogP contribution in [0.15, 0.2) is 17.8 Å². The summed E-state index contributed by atoms with van der Waals surface area (Å²) in [5.74, 6) is 0.869. The lowest BCUT2D eigenvalue weighted by atomic mass is 10.2. The van der Waals surface area contributed by atoms with E-state index >= 15 is 0 Å². The first-order valence-corrected chi connectivity index (χ1v) is 5.61. The van der Waals surface area contributed by atoms with Gasteiger partial charge in [0.2, 0.25) is 0 Å². The Bertz CT molecular complexity index is 449. The van der Waals surface area contributed by atoms with Crippen LogP contribution < -0.4 is 0 Å². The number of thiazole rings is 1. The summed E-state index contributed by atoms with van der Waals surface area (Å²) in [7, 11) is 1.92. The van der Waals surface area contributed by atoms with E-state index in [1.165, 1.54) is 0 Å². The average Bonchev–Trinajstić information content (AvgIpc) is 2.77. The minimum atomic E-state index is -0.559. The highest BCUT2D eigenvalue weighted by Gasteiger charge is 2.13. The van der Waals surface area contributed by atoms with Crippen LogP contribution in [0.1, 0.15) is 22.6 Å². The quantitative estimate of drug-likeness (QED) is 0.857. The van der Waals surface area contributed by atoms with Crippen molar-refractivity contribution in [2.75, 3.05) is 0 Å². The van der Waals surface area contributed by atoms with Crippen molar-refractivity contribution < 1.29 is 5.11 Å². The minimum Gasteiger partial charge on any atom is -0.386 e. The summed E-state index contributed by atoms with van der Waals surface area (Å²) in [4.78, 5) is 8.42. The minimum absolute atomic E-state index is 0.507. The third kappa shape index (κ3) is 2.24. The van der Waals surface area contributed by atoms with E-state index in [0.717, 1.165) is 16.5 Å². The Kier molecular flexibility index (Phi) is 2.83. The van der Waals surface area contributed by atoms with Gasteiger partial charge in [-0.25, -0.2) is 9.97 Å². The highest BCUT2D eigenvalue weighted by molar-refractivity contribution is 7.09. The van der Waals surface area contributed by atoms with E-state index in [9.17, 15) is 5.11 Å². The van der Waals surface area contributed by atoms with Gasteiger partial charge in [0.15, 0.2) is 0 Å². The van der Waals surface area contributed by atoms with Crippen molar-refractivity contribution >= 4 is 11.3 Å². The number of aromatic nitrogens is 3. The first-order valence-electron chi connectivity index (χ1n) is 4.73. The molecule has 4 nitrogen and oxygen atoms in total. The molecule has 0 radical (unpaired) electrons. The van der Waals surface area contributed by atoms with Crippen LogP contribution in [0.25, 0.3) is 0 Å². The van der Waals surface area contributed by atoms with Crippen molar-refractivity contribution in [2.24, 2.45) is 7.05 Å². The highest BCUT2D eigenvalue weighted by Crippen LogP contribution is 2.19. The molecule has 2 rings (SSSR count). The van der Waals surface area contributed by atoms with Crippen molar-refractivity contribution in [1.82, 2.24) is 14.5 Å². The molecule has 0 saturated heterocycles. The van der Waals surface area contributed by atoms with E-state index in [4.69, 9.17) is 0 Å². The molecule has 0 saturated carbocycles. The van der Waals surface area contributed by atoms with Gasteiger partial charge in [0.05, 0.1) is 10.7 Å². The monoisotopic (exact) mass is 223 g/mol. The molecule has 2 heterocycles. The second-order valence-corrected chi connectivity index (χ2v) is 4.53. The van der Waals surface area contributed by atoms with Crippen molar-refractivity contribution in [3.05, 3.63) is 34.3 Å². The summed E-state index contributed by atoms with van der Waals surface area (Å²) in [6, 6.07) is 0. The number of rotatable bonds is 3. The molecule has 2 aromatic rings. The maximum absolute atomic E-state index is 9.92. The Labute approximate surface area is 92.2 Å². The van der Waals surface area contributed by atoms with Gasteiger partial charge >= 0.3 is 0 Å². The maximum atomic E-state index is 9.92. The molecule has 1 unspecified atom stereocenters. The normalized spacial score (nSPS) is 13.0. The first kappa shape index (κ1) is 10.3. The summed E-state index contributed by atoms with van der Waals surface area (Å²) in [6.07, 6.45) is 3.55. The third-order valence-corrected chi connectivity index (χ3v) is 3.07.